The maximum Gasteiger partial charge on any atom is 0.262 e. The standard InChI is InChI=1S/C22H17N3O2S/c26-21(24-14-16-4-3-11-23-13-16)17-9-7-15(8-10-17)12-20-22(27)25-18-5-1-2-6-19(18)28-20/h1-13H,14H2,(H,24,26)(H,25,27)/b20-12+. The van der Waals surface area contributed by atoms with Crippen molar-refractivity contribution in [2.75, 3.05) is 5.32 Å². The van der Waals surface area contributed by atoms with Gasteiger partial charge in [0.2, 0.25) is 0 Å². The molecule has 2 heterocycles. The number of nitrogens with zero attached hydrogens (tertiary/aromatic N) is 1. The minimum atomic E-state index is -0.151. The zero-order chi connectivity index (χ0) is 19.3. The van der Waals surface area contributed by atoms with E-state index >= 15 is 0 Å². The third-order valence-corrected chi connectivity index (χ3v) is 5.32. The maximum absolute atomic E-state index is 12.3. The number of para-hydroxylation sites is 1. The number of pyridine rings is 1. The van der Waals surface area contributed by atoms with Crippen LogP contribution in [0.25, 0.3) is 6.08 Å². The topological polar surface area (TPSA) is 71.1 Å². The largest absolute Gasteiger partial charge is 0.348 e. The van der Waals surface area contributed by atoms with Crippen molar-refractivity contribution < 1.29 is 9.59 Å². The van der Waals surface area contributed by atoms with Crippen molar-refractivity contribution in [2.24, 2.45) is 0 Å². The second-order valence-corrected chi connectivity index (χ2v) is 7.31. The van der Waals surface area contributed by atoms with Crippen LogP contribution in [0.15, 0.2) is 82.9 Å². The molecule has 2 amide bonds. The third-order valence-electron chi connectivity index (χ3n) is 4.23. The summed E-state index contributed by atoms with van der Waals surface area (Å²) in [5, 5.41) is 5.77. The Hall–Kier alpha value is -3.38. The lowest BCUT2D eigenvalue weighted by molar-refractivity contribution is -0.112. The molecule has 0 aliphatic carbocycles. The van der Waals surface area contributed by atoms with Gasteiger partial charge >= 0.3 is 0 Å². The summed E-state index contributed by atoms with van der Waals surface area (Å²) in [5.41, 5.74) is 3.20. The zero-order valence-corrected chi connectivity index (χ0v) is 15.7. The normalized spacial score (nSPS) is 14.3. The van der Waals surface area contributed by atoms with Gasteiger partial charge in [-0.15, -0.1) is 0 Å². The number of nitrogens with one attached hydrogen (secondary N) is 2. The number of thioether (sulfide) groups is 1. The summed E-state index contributed by atoms with van der Waals surface area (Å²) in [4.78, 5) is 30.2. The van der Waals surface area contributed by atoms with E-state index in [1.807, 2.05) is 54.6 Å². The van der Waals surface area contributed by atoms with Gasteiger partial charge in [0.15, 0.2) is 0 Å². The van der Waals surface area contributed by atoms with Gasteiger partial charge in [-0.05, 0) is 47.5 Å². The van der Waals surface area contributed by atoms with Gasteiger partial charge in [0.25, 0.3) is 11.8 Å². The monoisotopic (exact) mass is 387 g/mol. The smallest absolute Gasteiger partial charge is 0.262 e. The lowest BCUT2D eigenvalue weighted by atomic mass is 10.1. The molecule has 0 spiro atoms. The Morgan fingerprint density at radius 2 is 1.89 bits per heavy atom. The zero-order valence-electron chi connectivity index (χ0n) is 14.9. The van der Waals surface area contributed by atoms with E-state index in [4.69, 9.17) is 0 Å². The molecule has 4 rings (SSSR count). The second kappa shape index (κ2) is 8.10. The number of benzene rings is 2. The third kappa shape index (κ3) is 4.13. The van der Waals surface area contributed by atoms with Crippen LogP contribution in [-0.4, -0.2) is 16.8 Å². The van der Waals surface area contributed by atoms with Gasteiger partial charge in [0.1, 0.15) is 0 Å². The van der Waals surface area contributed by atoms with Crippen LogP contribution in [0.1, 0.15) is 21.5 Å². The molecular weight excluding hydrogens is 370 g/mol. The molecule has 1 aromatic heterocycles. The summed E-state index contributed by atoms with van der Waals surface area (Å²) in [5.74, 6) is -0.274. The van der Waals surface area contributed by atoms with Crippen LogP contribution in [0.3, 0.4) is 0 Å². The second-order valence-electron chi connectivity index (χ2n) is 6.23. The summed E-state index contributed by atoms with van der Waals surface area (Å²) in [6, 6.07) is 18.6. The van der Waals surface area contributed by atoms with Crippen LogP contribution in [-0.2, 0) is 11.3 Å². The molecule has 0 bridgehead atoms. The van der Waals surface area contributed by atoms with Crippen LogP contribution in [0.5, 0.6) is 0 Å². The average molecular weight is 387 g/mol. The molecule has 28 heavy (non-hydrogen) atoms. The summed E-state index contributed by atoms with van der Waals surface area (Å²) >= 11 is 1.44. The van der Waals surface area contributed by atoms with Crippen molar-refractivity contribution in [1.82, 2.24) is 10.3 Å². The number of hydrogen-bond donors (Lipinski definition) is 2. The molecule has 0 unspecified atom stereocenters. The first-order valence-electron chi connectivity index (χ1n) is 8.76. The van der Waals surface area contributed by atoms with Gasteiger partial charge in [-0.2, -0.15) is 0 Å². The van der Waals surface area contributed by atoms with Crippen LogP contribution in [0.4, 0.5) is 5.69 Å². The molecule has 0 radical (unpaired) electrons. The van der Waals surface area contributed by atoms with Crippen LogP contribution >= 0.6 is 11.8 Å². The fraction of sp³-hybridized carbons (Fsp3) is 0.0455. The van der Waals surface area contributed by atoms with Crippen LogP contribution < -0.4 is 10.6 Å². The van der Waals surface area contributed by atoms with E-state index in [-0.39, 0.29) is 11.8 Å². The molecule has 2 N–H and O–H groups in total. The molecule has 3 aromatic rings. The van der Waals surface area contributed by atoms with Crippen molar-refractivity contribution in [3.05, 3.63) is 94.7 Å². The number of rotatable bonds is 4. The van der Waals surface area contributed by atoms with E-state index in [1.165, 1.54) is 11.8 Å². The van der Waals surface area contributed by atoms with Crippen molar-refractivity contribution >= 4 is 35.3 Å². The summed E-state index contributed by atoms with van der Waals surface area (Å²) in [6.45, 7) is 0.425. The molecule has 0 fully saturated rings. The van der Waals surface area contributed by atoms with Gasteiger partial charge in [0, 0.05) is 29.4 Å². The molecule has 6 heteroatoms. The molecule has 0 atom stereocenters. The van der Waals surface area contributed by atoms with Gasteiger partial charge in [0.05, 0.1) is 10.6 Å². The Labute approximate surface area is 166 Å². The first-order chi connectivity index (χ1) is 13.7. The summed E-state index contributed by atoms with van der Waals surface area (Å²) < 4.78 is 0. The molecule has 0 saturated heterocycles. The molecular formula is C22H17N3O2S. The van der Waals surface area contributed by atoms with Gasteiger partial charge in [-0.3, -0.25) is 14.6 Å². The Bertz CT molecular complexity index is 1050. The summed E-state index contributed by atoms with van der Waals surface area (Å²) in [7, 11) is 0. The number of anilines is 1. The number of aromatic nitrogens is 1. The fourth-order valence-electron chi connectivity index (χ4n) is 2.77. The molecule has 1 aliphatic heterocycles. The minimum Gasteiger partial charge on any atom is -0.348 e. The average Bonchev–Trinajstić information content (AvgIpc) is 2.74. The van der Waals surface area contributed by atoms with E-state index in [0.717, 1.165) is 21.7 Å². The SMILES string of the molecule is O=C1Nc2ccccc2S/C1=C/c1ccc(C(=O)NCc2cccnc2)cc1. The van der Waals surface area contributed by atoms with Crippen molar-refractivity contribution in [3.63, 3.8) is 0 Å². The minimum absolute atomic E-state index is 0.123. The van der Waals surface area contributed by atoms with E-state index < -0.39 is 0 Å². The van der Waals surface area contributed by atoms with Gasteiger partial charge in [-0.1, -0.05) is 42.1 Å². The predicted octanol–water partition coefficient (Wildman–Crippen LogP) is 4.10. The highest BCUT2D eigenvalue weighted by Crippen LogP contribution is 2.38. The Morgan fingerprint density at radius 1 is 1.07 bits per heavy atom. The lowest BCUT2D eigenvalue weighted by Crippen LogP contribution is -2.22. The first kappa shape index (κ1) is 18.0. The summed E-state index contributed by atoms with van der Waals surface area (Å²) in [6.07, 6.45) is 5.25. The molecule has 1 aliphatic rings. The Morgan fingerprint density at radius 3 is 2.68 bits per heavy atom. The molecule has 0 saturated carbocycles. The van der Waals surface area contributed by atoms with Crippen LogP contribution in [0, 0.1) is 0 Å². The van der Waals surface area contributed by atoms with E-state index in [2.05, 4.69) is 15.6 Å². The number of carbonyl (C=O) groups is 2. The highest BCUT2D eigenvalue weighted by molar-refractivity contribution is 8.04. The number of fused-ring (bicyclic) bond motifs is 1. The predicted molar refractivity (Wildman–Crippen MR) is 111 cm³/mol. The van der Waals surface area contributed by atoms with Crippen molar-refractivity contribution in [3.8, 4) is 0 Å². The van der Waals surface area contributed by atoms with E-state index in [0.29, 0.717) is 17.0 Å². The van der Waals surface area contributed by atoms with Crippen LogP contribution in [0.2, 0.25) is 0 Å². The quantitative estimate of drug-likeness (QED) is 0.662. The van der Waals surface area contributed by atoms with Crippen molar-refractivity contribution in [2.45, 2.75) is 11.4 Å². The Balaban J connectivity index is 1.44. The Kier molecular flexibility index (Phi) is 5.21. The van der Waals surface area contributed by atoms with Gasteiger partial charge < -0.3 is 10.6 Å². The lowest BCUT2D eigenvalue weighted by Gasteiger charge is -2.18. The fourth-order valence-corrected chi connectivity index (χ4v) is 3.72. The number of carbonyl (C=O) groups excluding carboxylic acids is 2. The number of hydrogen-bond acceptors (Lipinski definition) is 4. The highest BCUT2D eigenvalue weighted by atomic mass is 32.2. The first-order valence-corrected chi connectivity index (χ1v) is 9.58. The van der Waals surface area contributed by atoms with Crippen molar-refractivity contribution in [1.29, 1.82) is 0 Å². The highest BCUT2D eigenvalue weighted by Gasteiger charge is 2.20. The van der Waals surface area contributed by atoms with E-state index in [9.17, 15) is 9.59 Å². The molecule has 5 nitrogen and oxygen atoms in total. The molecule has 138 valence electrons. The van der Waals surface area contributed by atoms with E-state index in [1.54, 1.807) is 24.5 Å². The van der Waals surface area contributed by atoms with Gasteiger partial charge in [-0.25, -0.2) is 0 Å². The number of amides is 2. The maximum atomic E-state index is 12.3. The molecule has 2 aromatic carbocycles.